The van der Waals surface area contributed by atoms with Crippen molar-refractivity contribution < 1.29 is 4.79 Å². The van der Waals surface area contributed by atoms with Crippen molar-refractivity contribution in [2.24, 2.45) is 5.84 Å². The molecule has 0 fully saturated rings. The maximum absolute atomic E-state index is 11.9. The number of aromatic nitrogens is 2. The van der Waals surface area contributed by atoms with Gasteiger partial charge < -0.3 is 10.7 Å². The largest absolute Gasteiger partial charge is 0.348 e. The van der Waals surface area contributed by atoms with Gasteiger partial charge in [0.25, 0.3) is 5.91 Å². The Labute approximate surface area is 104 Å². The third kappa shape index (κ3) is 2.80. The minimum absolute atomic E-state index is 0.229. The van der Waals surface area contributed by atoms with Crippen molar-refractivity contribution in [3.8, 4) is 0 Å². The second-order valence-electron chi connectivity index (χ2n) is 3.60. The quantitative estimate of drug-likeness (QED) is 0.542. The highest BCUT2D eigenvalue weighted by molar-refractivity contribution is 5.99. The zero-order valence-corrected chi connectivity index (χ0v) is 9.63. The molecule has 2 rings (SSSR count). The van der Waals surface area contributed by atoms with Crippen LogP contribution < -0.4 is 16.6 Å². The van der Waals surface area contributed by atoms with Crippen LogP contribution in [0, 0.1) is 0 Å². The molecule has 0 atom stereocenters. The molecule has 18 heavy (non-hydrogen) atoms. The summed E-state index contributed by atoms with van der Waals surface area (Å²) in [5, 5.41) is 2.79. The van der Waals surface area contributed by atoms with E-state index in [1.807, 2.05) is 12.1 Å². The number of rotatable bonds is 4. The van der Waals surface area contributed by atoms with Gasteiger partial charge >= 0.3 is 0 Å². The lowest BCUT2D eigenvalue weighted by Crippen LogP contribution is -2.25. The fourth-order valence-corrected chi connectivity index (χ4v) is 1.48. The number of carbonyl (C=O) groups excluding carboxylic acids is 1. The van der Waals surface area contributed by atoms with E-state index in [4.69, 9.17) is 5.84 Å². The van der Waals surface area contributed by atoms with Gasteiger partial charge in [0.05, 0.1) is 11.3 Å². The van der Waals surface area contributed by atoms with Crippen LogP contribution in [0.4, 0.5) is 5.69 Å². The number of amides is 1. The lowest BCUT2D eigenvalue weighted by molar-refractivity contribution is 0.0951. The van der Waals surface area contributed by atoms with Crippen molar-refractivity contribution in [1.82, 2.24) is 15.3 Å². The molecule has 0 spiro atoms. The zero-order chi connectivity index (χ0) is 12.8. The minimum Gasteiger partial charge on any atom is -0.348 e. The van der Waals surface area contributed by atoms with Crippen molar-refractivity contribution in [3.63, 3.8) is 0 Å². The number of hydrogen-bond acceptors (Lipinski definition) is 5. The van der Waals surface area contributed by atoms with Gasteiger partial charge in [-0.15, -0.1) is 0 Å². The van der Waals surface area contributed by atoms with E-state index < -0.39 is 0 Å². The number of carbonyl (C=O) groups is 1. The molecule has 0 saturated heterocycles. The van der Waals surface area contributed by atoms with Crippen LogP contribution in [0.15, 0.2) is 43.0 Å². The number of anilines is 1. The molecule has 6 heteroatoms. The summed E-state index contributed by atoms with van der Waals surface area (Å²) in [6.45, 7) is 0.431. The Hall–Kier alpha value is -2.47. The fourth-order valence-electron chi connectivity index (χ4n) is 1.48. The third-order valence-electron chi connectivity index (χ3n) is 2.42. The van der Waals surface area contributed by atoms with Crippen molar-refractivity contribution in [1.29, 1.82) is 0 Å². The molecule has 6 nitrogen and oxygen atoms in total. The predicted molar refractivity (Wildman–Crippen MR) is 67.5 cm³/mol. The molecule has 2 heterocycles. The van der Waals surface area contributed by atoms with Gasteiger partial charge in [-0.25, -0.2) is 0 Å². The number of pyridine rings is 2. The standard InChI is InChI=1S/C12H13N5O/c13-17-11-3-6-15-8-10(11)12(18)16-7-9-1-4-14-5-2-9/h1-6,8H,7,13H2,(H,15,17)(H,16,18). The molecule has 0 aliphatic heterocycles. The second-order valence-corrected chi connectivity index (χ2v) is 3.60. The first-order valence-electron chi connectivity index (χ1n) is 5.39. The van der Waals surface area contributed by atoms with Gasteiger partial charge in [0, 0.05) is 31.3 Å². The molecule has 2 aromatic rings. The van der Waals surface area contributed by atoms with Crippen LogP contribution in [0.25, 0.3) is 0 Å². The van der Waals surface area contributed by atoms with Gasteiger partial charge in [0.15, 0.2) is 0 Å². The number of nitrogens with one attached hydrogen (secondary N) is 2. The molecule has 0 aliphatic rings. The summed E-state index contributed by atoms with van der Waals surface area (Å²) < 4.78 is 0. The minimum atomic E-state index is -0.229. The van der Waals surface area contributed by atoms with Gasteiger partial charge in [-0.05, 0) is 23.8 Å². The first-order valence-corrected chi connectivity index (χ1v) is 5.39. The lowest BCUT2D eigenvalue weighted by Gasteiger charge is -2.08. The van der Waals surface area contributed by atoms with E-state index in [1.54, 1.807) is 24.7 Å². The van der Waals surface area contributed by atoms with Gasteiger partial charge in [-0.3, -0.25) is 20.6 Å². The van der Waals surface area contributed by atoms with E-state index in [0.29, 0.717) is 17.8 Å². The summed E-state index contributed by atoms with van der Waals surface area (Å²) in [4.78, 5) is 19.7. The molecule has 0 aromatic carbocycles. The Morgan fingerprint density at radius 2 is 1.89 bits per heavy atom. The Balaban J connectivity index is 2.04. The van der Waals surface area contributed by atoms with E-state index in [1.165, 1.54) is 6.20 Å². The van der Waals surface area contributed by atoms with Gasteiger partial charge in [0.2, 0.25) is 0 Å². The van der Waals surface area contributed by atoms with Crippen LogP contribution in [0.2, 0.25) is 0 Å². The third-order valence-corrected chi connectivity index (χ3v) is 2.42. The van der Waals surface area contributed by atoms with E-state index in [9.17, 15) is 4.79 Å². The molecule has 0 aliphatic carbocycles. The molecule has 0 saturated carbocycles. The Morgan fingerprint density at radius 3 is 2.61 bits per heavy atom. The summed E-state index contributed by atoms with van der Waals surface area (Å²) >= 11 is 0. The Morgan fingerprint density at radius 1 is 1.17 bits per heavy atom. The molecule has 2 aromatic heterocycles. The summed E-state index contributed by atoms with van der Waals surface area (Å²) in [7, 11) is 0. The normalized spacial score (nSPS) is 9.83. The van der Waals surface area contributed by atoms with E-state index in [2.05, 4.69) is 20.7 Å². The molecule has 0 radical (unpaired) electrons. The SMILES string of the molecule is NNc1ccncc1C(=O)NCc1ccncc1. The first kappa shape index (κ1) is 12.0. The molecular formula is C12H13N5O. The second kappa shape index (κ2) is 5.74. The average molecular weight is 243 g/mol. The summed E-state index contributed by atoms with van der Waals surface area (Å²) in [6.07, 6.45) is 6.39. The number of nitrogens with two attached hydrogens (primary N) is 1. The van der Waals surface area contributed by atoms with Gasteiger partial charge in [-0.1, -0.05) is 0 Å². The molecule has 4 N–H and O–H groups in total. The Kier molecular flexibility index (Phi) is 3.83. The van der Waals surface area contributed by atoms with Crippen molar-refractivity contribution in [3.05, 3.63) is 54.1 Å². The molecule has 0 bridgehead atoms. The van der Waals surface area contributed by atoms with Crippen LogP contribution in [0.5, 0.6) is 0 Å². The number of hydrogen-bond donors (Lipinski definition) is 3. The summed E-state index contributed by atoms with van der Waals surface area (Å²) in [5.74, 6) is 5.10. The monoisotopic (exact) mass is 243 g/mol. The highest BCUT2D eigenvalue weighted by Crippen LogP contribution is 2.11. The number of nitrogens with zero attached hydrogens (tertiary/aromatic N) is 2. The predicted octanol–water partition coefficient (Wildman–Crippen LogP) is 0.692. The van der Waals surface area contributed by atoms with E-state index >= 15 is 0 Å². The fraction of sp³-hybridized carbons (Fsp3) is 0.0833. The topological polar surface area (TPSA) is 92.9 Å². The van der Waals surface area contributed by atoms with Crippen molar-refractivity contribution in [2.75, 3.05) is 5.43 Å². The van der Waals surface area contributed by atoms with Crippen molar-refractivity contribution in [2.45, 2.75) is 6.54 Å². The smallest absolute Gasteiger partial charge is 0.255 e. The van der Waals surface area contributed by atoms with Crippen LogP contribution in [-0.2, 0) is 6.54 Å². The summed E-state index contributed by atoms with van der Waals surface area (Å²) in [6, 6.07) is 5.32. The lowest BCUT2D eigenvalue weighted by atomic mass is 10.2. The maximum atomic E-state index is 11.9. The summed E-state index contributed by atoms with van der Waals surface area (Å²) in [5.41, 5.74) is 4.39. The van der Waals surface area contributed by atoms with E-state index in [-0.39, 0.29) is 5.91 Å². The van der Waals surface area contributed by atoms with Crippen molar-refractivity contribution >= 4 is 11.6 Å². The first-order chi connectivity index (χ1) is 8.81. The number of hydrazine groups is 1. The zero-order valence-electron chi connectivity index (χ0n) is 9.63. The average Bonchev–Trinajstić information content (AvgIpc) is 2.45. The van der Waals surface area contributed by atoms with E-state index in [0.717, 1.165) is 5.56 Å². The van der Waals surface area contributed by atoms with Crippen LogP contribution in [0.3, 0.4) is 0 Å². The molecular weight excluding hydrogens is 230 g/mol. The van der Waals surface area contributed by atoms with Crippen LogP contribution >= 0.6 is 0 Å². The van der Waals surface area contributed by atoms with Crippen LogP contribution in [0.1, 0.15) is 15.9 Å². The number of nitrogen functional groups attached to an aromatic ring is 1. The van der Waals surface area contributed by atoms with Crippen LogP contribution in [-0.4, -0.2) is 15.9 Å². The molecule has 92 valence electrons. The maximum Gasteiger partial charge on any atom is 0.255 e. The molecule has 1 amide bonds. The molecule has 0 unspecified atom stereocenters. The Bertz CT molecular complexity index is 529. The highest BCUT2D eigenvalue weighted by Gasteiger charge is 2.10. The van der Waals surface area contributed by atoms with Gasteiger partial charge in [-0.2, -0.15) is 0 Å². The van der Waals surface area contributed by atoms with Gasteiger partial charge in [0.1, 0.15) is 0 Å². The highest BCUT2D eigenvalue weighted by atomic mass is 16.1.